The van der Waals surface area contributed by atoms with E-state index in [9.17, 15) is 5.48 Å². The maximum absolute atomic E-state index is 9.58. The Morgan fingerprint density at radius 1 is 0.321 bits per heavy atom. The molecule has 0 fully saturated rings. The van der Waals surface area contributed by atoms with Crippen LogP contribution in [0.25, 0.3) is 77.6 Å². The number of benzene rings is 9. The molecule has 56 heavy (non-hydrogen) atoms. The van der Waals surface area contributed by atoms with Gasteiger partial charge in [-0.1, -0.05) is 170 Å². The molecular weight excluding hydrogens is 679 g/mol. The van der Waals surface area contributed by atoms with E-state index in [0.717, 1.165) is 55.3 Å². The highest BCUT2D eigenvalue weighted by Gasteiger charge is 2.17. The lowest BCUT2D eigenvalue weighted by atomic mass is 9.91. The molecule has 0 aliphatic heterocycles. The van der Waals surface area contributed by atoms with E-state index in [1.165, 1.54) is 0 Å². The third kappa shape index (κ3) is 6.24. The molecule has 0 aliphatic carbocycles. The number of hydrogen-bond donors (Lipinski definition) is 0. The lowest BCUT2D eigenvalue weighted by molar-refractivity contribution is 0.669. The Hall–Kier alpha value is -7.42. The van der Waals surface area contributed by atoms with Crippen molar-refractivity contribution in [3.05, 3.63) is 224 Å². The number of nitrogens with zero attached hydrogens (tertiary/aromatic N) is 1. The zero-order chi connectivity index (χ0) is 40.7. The first-order valence-electron chi connectivity index (χ1n) is 20.8. The molecule has 0 N–H and O–H groups in total. The van der Waals surface area contributed by atoms with Crippen LogP contribution in [0.3, 0.4) is 0 Å². The van der Waals surface area contributed by atoms with Gasteiger partial charge in [-0.15, -0.1) is 0 Å². The molecule has 10 aromatic rings. The van der Waals surface area contributed by atoms with Crippen molar-refractivity contribution in [1.82, 2.24) is 0 Å². The van der Waals surface area contributed by atoms with E-state index in [1.54, 1.807) is 0 Å². The lowest BCUT2D eigenvalue weighted by Gasteiger charge is -2.26. The Balaban J connectivity index is 1.11. The SMILES string of the molecule is [2H]c1c([2H])c(N(c2ccc(-c3ccccc3)cc2)c2ccc(-c3ccc(-c4ccccc4)c(-c4ccccc4)c3)cc2)c([2H])c([2H])c1-c1cccc2oc3ccccc3c12. The quantitative estimate of drug-likeness (QED) is 0.155. The summed E-state index contributed by atoms with van der Waals surface area (Å²) >= 11 is 0. The highest BCUT2D eigenvalue weighted by Crippen LogP contribution is 2.41. The monoisotopic (exact) mass is 719 g/mol. The fraction of sp³-hybridized carbons (Fsp3) is 0. The van der Waals surface area contributed by atoms with E-state index in [4.69, 9.17) is 4.42 Å². The number of para-hydroxylation sites is 1. The molecule has 264 valence electrons. The van der Waals surface area contributed by atoms with Crippen LogP contribution in [-0.4, -0.2) is 0 Å². The van der Waals surface area contributed by atoms with Gasteiger partial charge >= 0.3 is 0 Å². The predicted molar refractivity (Wildman–Crippen MR) is 236 cm³/mol. The standard InChI is InChI=1S/C54H37NO/c1-4-13-38(14-5-1)39-23-30-45(31-24-39)55(47-34-27-43(28-35-47)49-20-12-22-53-54(49)50-19-10-11-21-52(50)56-53)46-32-25-40(26-33-46)44-29-36-48(41-15-6-2-7-16-41)51(37-44)42-17-8-3-9-18-42/h1-37H/i27D,28D,34D,35D. The van der Waals surface area contributed by atoms with Crippen molar-refractivity contribution < 1.29 is 9.90 Å². The Morgan fingerprint density at radius 3 is 1.46 bits per heavy atom. The molecule has 2 heteroatoms. The van der Waals surface area contributed by atoms with Crippen LogP contribution in [0.1, 0.15) is 5.48 Å². The van der Waals surface area contributed by atoms with E-state index in [-0.39, 0.29) is 35.4 Å². The number of anilines is 3. The van der Waals surface area contributed by atoms with Crippen LogP contribution in [-0.2, 0) is 0 Å². The smallest absolute Gasteiger partial charge is 0.136 e. The second-order valence-corrected chi connectivity index (χ2v) is 13.8. The second kappa shape index (κ2) is 14.4. The molecule has 1 heterocycles. The molecule has 0 radical (unpaired) electrons. The van der Waals surface area contributed by atoms with Gasteiger partial charge < -0.3 is 9.32 Å². The first-order valence-corrected chi connectivity index (χ1v) is 18.8. The first kappa shape index (κ1) is 29.0. The molecule has 0 bridgehead atoms. The zero-order valence-corrected chi connectivity index (χ0v) is 30.4. The molecule has 2 nitrogen and oxygen atoms in total. The van der Waals surface area contributed by atoms with Gasteiger partial charge in [-0.25, -0.2) is 0 Å². The summed E-state index contributed by atoms with van der Waals surface area (Å²) in [7, 11) is 0. The van der Waals surface area contributed by atoms with E-state index >= 15 is 0 Å². The van der Waals surface area contributed by atoms with Crippen LogP contribution in [0.5, 0.6) is 0 Å². The van der Waals surface area contributed by atoms with Crippen molar-refractivity contribution >= 4 is 39.0 Å². The van der Waals surface area contributed by atoms with E-state index < -0.39 is 0 Å². The van der Waals surface area contributed by atoms with Gasteiger partial charge in [-0.2, -0.15) is 0 Å². The summed E-state index contributed by atoms with van der Waals surface area (Å²) in [5.41, 5.74) is 12.4. The third-order valence-corrected chi connectivity index (χ3v) is 10.4. The van der Waals surface area contributed by atoms with E-state index in [2.05, 4.69) is 91.0 Å². The molecule has 10 rings (SSSR count). The second-order valence-electron chi connectivity index (χ2n) is 13.8. The number of rotatable bonds is 8. The van der Waals surface area contributed by atoms with Gasteiger partial charge in [0, 0.05) is 27.8 Å². The lowest BCUT2D eigenvalue weighted by Crippen LogP contribution is -2.09. The van der Waals surface area contributed by atoms with Gasteiger partial charge in [0.1, 0.15) is 11.2 Å². The average Bonchev–Trinajstić information content (AvgIpc) is 3.70. The molecule has 0 amide bonds. The van der Waals surface area contributed by atoms with Crippen LogP contribution in [0.4, 0.5) is 17.1 Å². The minimum atomic E-state index is -0.143. The maximum atomic E-state index is 9.58. The normalized spacial score (nSPS) is 12.2. The van der Waals surface area contributed by atoms with Gasteiger partial charge in [-0.05, 0) is 110 Å². The van der Waals surface area contributed by atoms with Crippen LogP contribution >= 0.6 is 0 Å². The van der Waals surface area contributed by atoms with Crippen molar-refractivity contribution in [1.29, 1.82) is 0 Å². The summed E-state index contributed by atoms with van der Waals surface area (Å²) < 4.78 is 44.3. The molecule has 9 aromatic carbocycles. The zero-order valence-electron chi connectivity index (χ0n) is 34.4. The minimum absolute atomic E-state index is 0.127. The van der Waals surface area contributed by atoms with Crippen LogP contribution < -0.4 is 4.90 Å². The van der Waals surface area contributed by atoms with Crippen LogP contribution in [0.2, 0.25) is 0 Å². The fourth-order valence-electron chi connectivity index (χ4n) is 7.63. The maximum Gasteiger partial charge on any atom is 0.136 e. The van der Waals surface area contributed by atoms with Crippen molar-refractivity contribution in [3.8, 4) is 55.6 Å². The third-order valence-electron chi connectivity index (χ3n) is 10.4. The van der Waals surface area contributed by atoms with Gasteiger partial charge in [-0.3, -0.25) is 0 Å². The Bertz CT molecular complexity index is 3130. The summed E-state index contributed by atoms with van der Waals surface area (Å²) in [4.78, 5) is 1.84. The average molecular weight is 720 g/mol. The molecule has 0 saturated heterocycles. The van der Waals surface area contributed by atoms with Crippen LogP contribution in [0, 0.1) is 0 Å². The predicted octanol–water partition coefficient (Wildman–Crippen LogP) is 15.4. The first-order chi connectivity index (χ1) is 29.4. The highest BCUT2D eigenvalue weighted by molar-refractivity contribution is 6.12. The van der Waals surface area contributed by atoms with Gasteiger partial charge in [0.2, 0.25) is 0 Å². The molecular formula is C54H37NO. The van der Waals surface area contributed by atoms with Crippen LogP contribution in [0.15, 0.2) is 229 Å². The number of fused-ring (bicyclic) bond motifs is 3. The number of furan rings is 1. The van der Waals surface area contributed by atoms with Gasteiger partial charge in [0.05, 0.1) is 5.48 Å². The summed E-state index contributed by atoms with van der Waals surface area (Å²) in [6.45, 7) is 0. The molecule has 1 aromatic heterocycles. The van der Waals surface area contributed by atoms with Gasteiger partial charge in [0.15, 0.2) is 0 Å². The summed E-state index contributed by atoms with van der Waals surface area (Å²) in [6, 6.07) is 66.3. The largest absolute Gasteiger partial charge is 0.456 e. The number of hydrogen-bond acceptors (Lipinski definition) is 2. The van der Waals surface area contributed by atoms with Crippen molar-refractivity contribution in [2.75, 3.05) is 4.90 Å². The van der Waals surface area contributed by atoms with Crippen molar-refractivity contribution in [2.24, 2.45) is 0 Å². The summed E-state index contributed by atoms with van der Waals surface area (Å²) in [6.07, 6.45) is 0. The van der Waals surface area contributed by atoms with Crippen molar-refractivity contribution in [2.45, 2.75) is 0 Å². The van der Waals surface area contributed by atoms with E-state index in [1.807, 2.05) is 114 Å². The molecule has 0 spiro atoms. The highest BCUT2D eigenvalue weighted by atomic mass is 16.3. The molecule has 0 unspecified atom stereocenters. The molecule has 0 saturated carbocycles. The summed E-state index contributed by atoms with van der Waals surface area (Å²) in [5, 5.41) is 1.62. The molecule has 0 aliphatic rings. The Labute approximate surface area is 332 Å². The summed E-state index contributed by atoms with van der Waals surface area (Å²) in [5.74, 6) is 0. The Kier molecular flexibility index (Phi) is 7.47. The molecule has 0 atom stereocenters. The van der Waals surface area contributed by atoms with E-state index in [0.29, 0.717) is 28.1 Å². The Morgan fingerprint density at radius 2 is 0.821 bits per heavy atom. The van der Waals surface area contributed by atoms with Gasteiger partial charge in [0.25, 0.3) is 0 Å². The minimum Gasteiger partial charge on any atom is -0.456 e. The van der Waals surface area contributed by atoms with Crippen molar-refractivity contribution in [3.63, 3.8) is 0 Å². The topological polar surface area (TPSA) is 16.4 Å². The fourth-order valence-corrected chi connectivity index (χ4v) is 7.63.